The smallest absolute Gasteiger partial charge is 0.254 e. The summed E-state index contributed by atoms with van der Waals surface area (Å²) in [7, 11) is 0. The molecule has 20 heavy (non-hydrogen) atoms. The number of rotatable bonds is 2. The van der Waals surface area contributed by atoms with Gasteiger partial charge in [-0.2, -0.15) is 0 Å². The van der Waals surface area contributed by atoms with Crippen LogP contribution in [0.5, 0.6) is 11.5 Å². The normalized spacial score (nSPS) is 21.6. The average Bonchev–Trinajstić information content (AvgIpc) is 2.83. The Hall–Kier alpha value is -1.75. The summed E-state index contributed by atoms with van der Waals surface area (Å²) in [4.78, 5) is 14.3. The monoisotopic (exact) mass is 277 g/mol. The maximum Gasteiger partial charge on any atom is 0.254 e. The van der Waals surface area contributed by atoms with Crippen LogP contribution in [0.25, 0.3) is 0 Å². The lowest BCUT2D eigenvalue weighted by atomic mass is 10.1. The highest BCUT2D eigenvalue weighted by atomic mass is 16.5. The molecular weight excluding hydrogens is 258 g/mol. The van der Waals surface area contributed by atoms with E-state index in [4.69, 9.17) is 9.47 Å². The third-order valence-electron chi connectivity index (χ3n) is 3.84. The number of aliphatic hydroxyl groups is 1. The fraction of sp³-hybridized carbons (Fsp3) is 0.533. The van der Waals surface area contributed by atoms with Gasteiger partial charge in [0.25, 0.3) is 5.91 Å². The van der Waals surface area contributed by atoms with E-state index in [1.807, 2.05) is 0 Å². The molecule has 1 aromatic carbocycles. The predicted molar refractivity (Wildman–Crippen MR) is 73.2 cm³/mol. The molecule has 2 aliphatic rings. The van der Waals surface area contributed by atoms with Crippen LogP contribution in [-0.2, 0) is 0 Å². The van der Waals surface area contributed by atoms with Crippen molar-refractivity contribution in [3.63, 3.8) is 0 Å². The Kier molecular flexibility index (Phi) is 3.78. The standard InChI is InChI=1S/C15H19NO4/c17-10-12-3-1-6-16(12)15(18)11-4-5-13-14(9-11)20-8-2-7-19-13/h4-5,9,12,17H,1-3,6-8,10H2/t12-/m1/s1. The van der Waals surface area contributed by atoms with E-state index in [9.17, 15) is 9.90 Å². The number of aliphatic hydroxyl groups excluding tert-OH is 1. The number of fused-ring (bicyclic) bond motifs is 1. The van der Waals surface area contributed by atoms with E-state index in [0.717, 1.165) is 19.3 Å². The van der Waals surface area contributed by atoms with Gasteiger partial charge in [0.05, 0.1) is 25.9 Å². The number of hydrogen-bond donors (Lipinski definition) is 1. The number of carbonyl (C=O) groups is 1. The number of likely N-dealkylation sites (tertiary alicyclic amines) is 1. The number of amides is 1. The molecule has 1 atom stereocenters. The zero-order chi connectivity index (χ0) is 13.9. The second-order valence-corrected chi connectivity index (χ2v) is 5.19. The van der Waals surface area contributed by atoms with Crippen molar-refractivity contribution < 1.29 is 19.4 Å². The summed E-state index contributed by atoms with van der Waals surface area (Å²) >= 11 is 0. The molecule has 1 fully saturated rings. The maximum absolute atomic E-state index is 12.5. The summed E-state index contributed by atoms with van der Waals surface area (Å²) < 4.78 is 11.2. The van der Waals surface area contributed by atoms with Gasteiger partial charge in [-0.05, 0) is 31.0 Å². The Morgan fingerprint density at radius 3 is 2.85 bits per heavy atom. The Morgan fingerprint density at radius 2 is 2.05 bits per heavy atom. The lowest BCUT2D eigenvalue weighted by Crippen LogP contribution is -2.37. The Labute approximate surface area is 118 Å². The highest BCUT2D eigenvalue weighted by Crippen LogP contribution is 2.31. The minimum atomic E-state index is -0.0570. The molecule has 1 saturated heterocycles. The Bertz CT molecular complexity index is 503. The molecule has 1 aromatic rings. The molecule has 0 unspecified atom stereocenters. The summed E-state index contributed by atoms with van der Waals surface area (Å²) in [6.45, 7) is 1.97. The molecule has 0 spiro atoms. The second kappa shape index (κ2) is 5.71. The van der Waals surface area contributed by atoms with Crippen molar-refractivity contribution >= 4 is 5.91 Å². The molecule has 1 amide bonds. The first kappa shape index (κ1) is 13.2. The Balaban J connectivity index is 1.83. The SMILES string of the molecule is O=C(c1ccc2c(c1)OCCCO2)N1CCC[C@@H]1CO. The van der Waals surface area contributed by atoms with Crippen LogP contribution in [0.2, 0.25) is 0 Å². The molecule has 2 aliphatic heterocycles. The number of benzene rings is 1. The van der Waals surface area contributed by atoms with E-state index in [1.165, 1.54) is 0 Å². The lowest BCUT2D eigenvalue weighted by molar-refractivity contribution is 0.0677. The molecule has 5 nitrogen and oxygen atoms in total. The number of ether oxygens (including phenoxy) is 2. The van der Waals surface area contributed by atoms with Crippen molar-refractivity contribution in [2.75, 3.05) is 26.4 Å². The molecule has 0 aliphatic carbocycles. The topological polar surface area (TPSA) is 59.0 Å². The summed E-state index contributed by atoms with van der Waals surface area (Å²) in [5, 5.41) is 9.32. The molecule has 3 rings (SSSR count). The zero-order valence-electron chi connectivity index (χ0n) is 11.4. The highest BCUT2D eigenvalue weighted by Gasteiger charge is 2.29. The van der Waals surface area contributed by atoms with Crippen molar-refractivity contribution in [2.24, 2.45) is 0 Å². The van der Waals surface area contributed by atoms with Crippen LogP contribution in [0.4, 0.5) is 0 Å². The molecule has 0 saturated carbocycles. The van der Waals surface area contributed by atoms with Crippen molar-refractivity contribution in [1.82, 2.24) is 4.90 Å². The van der Waals surface area contributed by atoms with E-state index in [1.54, 1.807) is 23.1 Å². The first-order chi connectivity index (χ1) is 9.79. The molecule has 5 heteroatoms. The molecule has 0 aromatic heterocycles. The van der Waals surface area contributed by atoms with E-state index < -0.39 is 0 Å². The van der Waals surface area contributed by atoms with Crippen molar-refractivity contribution in [2.45, 2.75) is 25.3 Å². The van der Waals surface area contributed by atoms with E-state index >= 15 is 0 Å². The minimum absolute atomic E-state index is 0.0241. The van der Waals surface area contributed by atoms with Crippen molar-refractivity contribution in [1.29, 1.82) is 0 Å². The van der Waals surface area contributed by atoms with Gasteiger partial charge in [0.15, 0.2) is 11.5 Å². The van der Waals surface area contributed by atoms with Crippen LogP contribution < -0.4 is 9.47 Å². The average molecular weight is 277 g/mol. The van der Waals surface area contributed by atoms with Gasteiger partial charge in [0.2, 0.25) is 0 Å². The van der Waals surface area contributed by atoms with E-state index in [0.29, 0.717) is 36.8 Å². The van der Waals surface area contributed by atoms with Crippen molar-refractivity contribution in [3.05, 3.63) is 23.8 Å². The van der Waals surface area contributed by atoms with Crippen LogP contribution >= 0.6 is 0 Å². The van der Waals surface area contributed by atoms with E-state index in [-0.39, 0.29) is 18.6 Å². The summed E-state index contributed by atoms with van der Waals surface area (Å²) in [6.07, 6.45) is 2.66. The van der Waals surface area contributed by atoms with Crippen LogP contribution in [0.15, 0.2) is 18.2 Å². The quantitative estimate of drug-likeness (QED) is 0.888. The largest absolute Gasteiger partial charge is 0.490 e. The molecular formula is C15H19NO4. The van der Waals surface area contributed by atoms with Gasteiger partial charge in [-0.3, -0.25) is 4.79 Å². The summed E-state index contributed by atoms with van der Waals surface area (Å²) in [5.41, 5.74) is 0.592. The first-order valence-corrected chi connectivity index (χ1v) is 7.11. The van der Waals surface area contributed by atoms with Crippen molar-refractivity contribution in [3.8, 4) is 11.5 Å². The number of carbonyl (C=O) groups excluding carboxylic acids is 1. The zero-order valence-corrected chi connectivity index (χ0v) is 11.4. The Morgan fingerprint density at radius 1 is 1.25 bits per heavy atom. The lowest BCUT2D eigenvalue weighted by Gasteiger charge is -2.23. The number of nitrogens with zero attached hydrogens (tertiary/aromatic N) is 1. The first-order valence-electron chi connectivity index (χ1n) is 7.11. The molecule has 0 bridgehead atoms. The van der Waals surface area contributed by atoms with Crippen LogP contribution in [-0.4, -0.2) is 48.3 Å². The van der Waals surface area contributed by atoms with Crippen LogP contribution in [0, 0.1) is 0 Å². The third kappa shape index (κ3) is 2.45. The maximum atomic E-state index is 12.5. The third-order valence-corrected chi connectivity index (χ3v) is 3.84. The predicted octanol–water partition coefficient (Wildman–Crippen LogP) is 1.44. The highest BCUT2D eigenvalue weighted by molar-refractivity contribution is 5.95. The van der Waals surface area contributed by atoms with Gasteiger partial charge in [0.1, 0.15) is 0 Å². The van der Waals surface area contributed by atoms with Crippen LogP contribution in [0.3, 0.4) is 0 Å². The molecule has 108 valence electrons. The minimum Gasteiger partial charge on any atom is -0.490 e. The van der Waals surface area contributed by atoms with Gasteiger partial charge in [-0.1, -0.05) is 0 Å². The van der Waals surface area contributed by atoms with Gasteiger partial charge in [-0.25, -0.2) is 0 Å². The fourth-order valence-corrected chi connectivity index (χ4v) is 2.76. The summed E-state index contributed by atoms with van der Waals surface area (Å²) in [6, 6.07) is 5.24. The number of hydrogen-bond acceptors (Lipinski definition) is 4. The molecule has 1 N–H and O–H groups in total. The van der Waals surface area contributed by atoms with Gasteiger partial charge < -0.3 is 19.5 Å². The second-order valence-electron chi connectivity index (χ2n) is 5.19. The summed E-state index contributed by atoms with van der Waals surface area (Å²) in [5.74, 6) is 1.28. The fourth-order valence-electron chi connectivity index (χ4n) is 2.76. The van der Waals surface area contributed by atoms with E-state index in [2.05, 4.69) is 0 Å². The van der Waals surface area contributed by atoms with Gasteiger partial charge >= 0.3 is 0 Å². The molecule has 0 radical (unpaired) electrons. The van der Waals surface area contributed by atoms with Crippen LogP contribution in [0.1, 0.15) is 29.6 Å². The van der Waals surface area contributed by atoms with Gasteiger partial charge in [0, 0.05) is 18.5 Å². The molecule has 2 heterocycles. The van der Waals surface area contributed by atoms with Gasteiger partial charge in [-0.15, -0.1) is 0 Å².